The molecular weight excluding hydrogens is 319 g/mol. The zero-order chi connectivity index (χ0) is 17.7. The first-order valence-electron chi connectivity index (χ1n) is 7.00. The van der Waals surface area contributed by atoms with Crippen molar-refractivity contribution in [1.29, 1.82) is 0 Å². The SMILES string of the molecule is CCCCOC(=CC(=O)C(F)(F)C(F)(F)F)c1ccccc1C. The molecule has 1 rings (SSSR count). The summed E-state index contributed by atoms with van der Waals surface area (Å²) in [6.07, 6.45) is -4.40. The Bertz CT molecular complexity index is 576. The second kappa shape index (κ2) is 7.57. The van der Waals surface area contributed by atoms with Gasteiger partial charge < -0.3 is 4.74 Å². The lowest BCUT2D eigenvalue weighted by atomic mass is 10.0. The molecule has 0 fully saturated rings. The molecular formula is C16H17F5O2. The van der Waals surface area contributed by atoms with Gasteiger partial charge in [0.15, 0.2) is 0 Å². The van der Waals surface area contributed by atoms with E-state index in [-0.39, 0.29) is 18.4 Å². The molecule has 0 amide bonds. The Morgan fingerprint density at radius 1 is 1.17 bits per heavy atom. The van der Waals surface area contributed by atoms with E-state index in [2.05, 4.69) is 0 Å². The summed E-state index contributed by atoms with van der Waals surface area (Å²) in [5.74, 6) is -8.08. The second-order valence-electron chi connectivity index (χ2n) is 4.96. The number of hydrogen-bond acceptors (Lipinski definition) is 2. The summed E-state index contributed by atoms with van der Waals surface area (Å²) in [5.41, 5.74) is 0.897. The van der Waals surface area contributed by atoms with E-state index in [0.29, 0.717) is 17.5 Å². The fourth-order valence-electron chi connectivity index (χ4n) is 1.72. The molecule has 0 saturated heterocycles. The van der Waals surface area contributed by atoms with E-state index in [1.165, 1.54) is 6.07 Å². The Balaban J connectivity index is 3.19. The quantitative estimate of drug-likeness (QED) is 0.306. The van der Waals surface area contributed by atoms with Crippen molar-refractivity contribution in [3.05, 3.63) is 41.5 Å². The molecule has 7 heteroatoms. The number of ketones is 1. The third kappa shape index (κ3) is 4.77. The molecule has 0 bridgehead atoms. The number of benzene rings is 1. The van der Waals surface area contributed by atoms with Crippen LogP contribution in [0.3, 0.4) is 0 Å². The molecule has 0 aliphatic rings. The molecule has 0 radical (unpaired) electrons. The molecule has 23 heavy (non-hydrogen) atoms. The first kappa shape index (κ1) is 19.1. The highest BCUT2D eigenvalue weighted by Crippen LogP contribution is 2.37. The molecule has 1 aromatic carbocycles. The number of aryl methyl sites for hydroxylation is 1. The molecule has 0 N–H and O–H groups in total. The summed E-state index contributed by atoms with van der Waals surface area (Å²) in [6, 6.07) is 6.38. The number of halogens is 5. The van der Waals surface area contributed by atoms with Crippen LogP contribution in [-0.2, 0) is 9.53 Å². The van der Waals surface area contributed by atoms with Crippen LogP contribution in [0, 0.1) is 6.92 Å². The number of rotatable bonds is 7. The van der Waals surface area contributed by atoms with Gasteiger partial charge in [0.05, 0.1) is 6.61 Å². The van der Waals surface area contributed by atoms with Crippen LogP contribution >= 0.6 is 0 Å². The summed E-state index contributed by atoms with van der Waals surface area (Å²) in [5, 5.41) is 0. The van der Waals surface area contributed by atoms with Gasteiger partial charge in [-0.3, -0.25) is 4.79 Å². The van der Waals surface area contributed by atoms with Crippen LogP contribution in [0.1, 0.15) is 30.9 Å². The number of ether oxygens (including phenoxy) is 1. The normalized spacial score (nSPS) is 13.1. The molecule has 0 aliphatic heterocycles. The van der Waals surface area contributed by atoms with Crippen LogP contribution in [0.2, 0.25) is 0 Å². The van der Waals surface area contributed by atoms with Crippen molar-refractivity contribution in [1.82, 2.24) is 0 Å². The van der Waals surface area contributed by atoms with Crippen LogP contribution in [0.4, 0.5) is 22.0 Å². The molecule has 0 unspecified atom stereocenters. The molecule has 0 heterocycles. The van der Waals surface area contributed by atoms with Crippen molar-refractivity contribution < 1.29 is 31.5 Å². The fourth-order valence-corrected chi connectivity index (χ4v) is 1.72. The van der Waals surface area contributed by atoms with Gasteiger partial charge in [-0.15, -0.1) is 0 Å². The Hall–Kier alpha value is -1.92. The van der Waals surface area contributed by atoms with Crippen molar-refractivity contribution in [2.24, 2.45) is 0 Å². The summed E-state index contributed by atoms with van der Waals surface area (Å²) >= 11 is 0. The van der Waals surface area contributed by atoms with E-state index in [0.717, 1.165) is 6.42 Å². The van der Waals surface area contributed by atoms with E-state index < -0.39 is 17.9 Å². The van der Waals surface area contributed by atoms with Gasteiger partial charge in [0.25, 0.3) is 0 Å². The van der Waals surface area contributed by atoms with Gasteiger partial charge in [0, 0.05) is 11.6 Å². The topological polar surface area (TPSA) is 26.3 Å². The van der Waals surface area contributed by atoms with Crippen LogP contribution < -0.4 is 0 Å². The van der Waals surface area contributed by atoms with Gasteiger partial charge in [0.2, 0.25) is 5.78 Å². The van der Waals surface area contributed by atoms with Crippen LogP contribution in [0.15, 0.2) is 30.3 Å². The first-order valence-corrected chi connectivity index (χ1v) is 7.00. The van der Waals surface area contributed by atoms with Crippen molar-refractivity contribution in [3.63, 3.8) is 0 Å². The molecule has 0 atom stereocenters. The van der Waals surface area contributed by atoms with Crippen LogP contribution in [0.5, 0.6) is 0 Å². The standard InChI is InChI=1S/C16H17F5O2/c1-3-4-9-23-13(12-8-6-5-7-11(12)2)10-14(22)15(17,18)16(19,20)21/h5-8,10H,3-4,9H2,1-2H3. The van der Waals surface area contributed by atoms with E-state index >= 15 is 0 Å². The number of carbonyl (C=O) groups is 1. The van der Waals surface area contributed by atoms with Crippen LogP contribution in [-0.4, -0.2) is 24.5 Å². The summed E-state index contributed by atoms with van der Waals surface area (Å²) in [6.45, 7) is 3.61. The number of carbonyl (C=O) groups excluding carboxylic acids is 1. The molecule has 2 nitrogen and oxygen atoms in total. The lowest BCUT2D eigenvalue weighted by Crippen LogP contribution is -2.43. The maximum Gasteiger partial charge on any atom is 0.461 e. The van der Waals surface area contributed by atoms with E-state index in [1.54, 1.807) is 25.1 Å². The van der Waals surface area contributed by atoms with Crippen molar-refractivity contribution in [3.8, 4) is 0 Å². The first-order chi connectivity index (χ1) is 10.6. The maximum atomic E-state index is 13.1. The maximum absolute atomic E-state index is 13.1. The Morgan fingerprint density at radius 3 is 2.30 bits per heavy atom. The number of alkyl halides is 5. The highest BCUT2D eigenvalue weighted by Gasteiger charge is 2.62. The summed E-state index contributed by atoms with van der Waals surface area (Å²) < 4.78 is 68.3. The highest BCUT2D eigenvalue weighted by atomic mass is 19.4. The highest BCUT2D eigenvalue weighted by molar-refractivity contribution is 6.01. The lowest BCUT2D eigenvalue weighted by molar-refractivity contribution is -0.266. The monoisotopic (exact) mass is 336 g/mol. The number of unbranched alkanes of at least 4 members (excludes halogenated alkanes) is 1. The zero-order valence-electron chi connectivity index (χ0n) is 12.7. The Kier molecular flexibility index (Phi) is 6.29. The predicted octanol–water partition coefficient (Wildman–Crippen LogP) is 4.92. The molecule has 1 aromatic rings. The van der Waals surface area contributed by atoms with Gasteiger partial charge in [-0.1, -0.05) is 37.6 Å². The minimum atomic E-state index is -5.94. The van der Waals surface area contributed by atoms with Crippen molar-refractivity contribution in [2.45, 2.75) is 38.8 Å². The van der Waals surface area contributed by atoms with E-state index in [9.17, 15) is 26.7 Å². The van der Waals surface area contributed by atoms with E-state index in [4.69, 9.17) is 4.74 Å². The minimum absolute atomic E-state index is 0.113. The smallest absolute Gasteiger partial charge is 0.461 e. The minimum Gasteiger partial charge on any atom is -0.493 e. The second-order valence-corrected chi connectivity index (χ2v) is 4.96. The van der Waals surface area contributed by atoms with Crippen LogP contribution in [0.25, 0.3) is 5.76 Å². The fraction of sp³-hybridized carbons (Fsp3) is 0.438. The third-order valence-electron chi connectivity index (χ3n) is 3.09. The van der Waals surface area contributed by atoms with Gasteiger partial charge in [0.1, 0.15) is 5.76 Å². The Labute approximate surface area is 130 Å². The number of allylic oxidation sites excluding steroid dienone is 1. The average molecular weight is 336 g/mol. The van der Waals surface area contributed by atoms with E-state index in [1.807, 2.05) is 6.92 Å². The molecule has 128 valence electrons. The molecule has 0 spiro atoms. The average Bonchev–Trinajstić information content (AvgIpc) is 2.45. The van der Waals surface area contributed by atoms with Gasteiger partial charge in [-0.05, 0) is 18.9 Å². The number of hydrogen-bond donors (Lipinski definition) is 0. The summed E-state index contributed by atoms with van der Waals surface area (Å²) in [7, 11) is 0. The van der Waals surface area contributed by atoms with Gasteiger partial charge in [-0.2, -0.15) is 22.0 Å². The van der Waals surface area contributed by atoms with Crippen molar-refractivity contribution >= 4 is 11.5 Å². The zero-order valence-corrected chi connectivity index (χ0v) is 12.7. The van der Waals surface area contributed by atoms with Gasteiger partial charge in [-0.25, -0.2) is 0 Å². The lowest BCUT2D eigenvalue weighted by Gasteiger charge is -2.18. The predicted molar refractivity (Wildman–Crippen MR) is 76.0 cm³/mol. The van der Waals surface area contributed by atoms with Crippen molar-refractivity contribution in [2.75, 3.05) is 6.61 Å². The largest absolute Gasteiger partial charge is 0.493 e. The molecule has 0 saturated carbocycles. The Morgan fingerprint density at radius 2 is 1.78 bits per heavy atom. The summed E-state index contributed by atoms with van der Waals surface area (Å²) in [4.78, 5) is 11.4. The molecule has 0 aliphatic carbocycles. The molecule has 0 aromatic heterocycles. The van der Waals surface area contributed by atoms with Gasteiger partial charge >= 0.3 is 12.1 Å². The third-order valence-corrected chi connectivity index (χ3v) is 3.09.